The minimum absolute atomic E-state index is 0.0845. The van der Waals surface area contributed by atoms with Crippen LogP contribution in [0.5, 0.6) is 0 Å². The minimum Gasteiger partial charge on any atom is -0.380 e. The monoisotopic (exact) mass is 320 g/mol. The van der Waals surface area contributed by atoms with Gasteiger partial charge in [0, 0.05) is 12.8 Å². The maximum Gasteiger partial charge on any atom is 0.168 e. The van der Waals surface area contributed by atoms with Gasteiger partial charge in [0.05, 0.1) is 25.4 Å². The summed E-state index contributed by atoms with van der Waals surface area (Å²) in [5, 5.41) is 9.58. The van der Waals surface area contributed by atoms with Crippen LogP contribution in [0, 0.1) is 0 Å². The summed E-state index contributed by atoms with van der Waals surface area (Å²) in [6.45, 7) is 3.29. The first kappa shape index (κ1) is 17.5. The van der Waals surface area contributed by atoms with Gasteiger partial charge in [0.25, 0.3) is 0 Å². The Morgan fingerprint density at radius 2 is 2.10 bits per heavy atom. The van der Waals surface area contributed by atoms with Crippen molar-refractivity contribution in [3.63, 3.8) is 0 Å². The Balaban J connectivity index is 1.64. The molecule has 1 saturated heterocycles. The summed E-state index contributed by atoms with van der Waals surface area (Å²) in [4.78, 5) is 0. The fourth-order valence-electron chi connectivity index (χ4n) is 2.85. The molecule has 2 aliphatic rings. The first-order valence-corrected chi connectivity index (χ1v) is 9.16. The molecule has 1 N–H and O–H groups in total. The van der Waals surface area contributed by atoms with Crippen LogP contribution in [0.15, 0.2) is 0 Å². The highest BCUT2D eigenvalue weighted by molar-refractivity contribution is 7.99. The Kier molecular flexibility index (Phi) is 7.25. The van der Waals surface area contributed by atoms with E-state index in [9.17, 15) is 5.11 Å². The molecule has 1 aliphatic heterocycles. The predicted molar refractivity (Wildman–Crippen MR) is 82.1 cm³/mol. The molecule has 5 nitrogen and oxygen atoms in total. The zero-order valence-corrected chi connectivity index (χ0v) is 13.9. The van der Waals surface area contributed by atoms with Crippen LogP contribution in [-0.4, -0.2) is 54.8 Å². The highest BCUT2D eigenvalue weighted by Gasteiger charge is 2.39. The molecule has 21 heavy (non-hydrogen) atoms. The summed E-state index contributed by atoms with van der Waals surface area (Å²) in [7, 11) is 0. The Hall–Kier alpha value is 0.150. The highest BCUT2D eigenvalue weighted by Crippen LogP contribution is 2.36. The third kappa shape index (κ3) is 5.37. The molecular formula is C15H28O5S. The van der Waals surface area contributed by atoms with Gasteiger partial charge in [-0.15, -0.1) is 11.8 Å². The molecule has 2 rings (SSSR count). The summed E-state index contributed by atoms with van der Waals surface area (Å²) in [6, 6.07) is 0. The van der Waals surface area contributed by atoms with Crippen molar-refractivity contribution in [2.45, 2.75) is 68.9 Å². The highest BCUT2D eigenvalue weighted by atomic mass is 32.2. The van der Waals surface area contributed by atoms with Crippen LogP contribution in [-0.2, 0) is 18.9 Å². The lowest BCUT2D eigenvalue weighted by atomic mass is 9.93. The molecule has 1 heterocycles. The zero-order valence-electron chi connectivity index (χ0n) is 13.1. The summed E-state index contributed by atoms with van der Waals surface area (Å²) in [5.74, 6) is -0.353. The quantitative estimate of drug-likeness (QED) is 0.574. The van der Waals surface area contributed by atoms with Crippen LogP contribution in [0.4, 0.5) is 0 Å². The van der Waals surface area contributed by atoms with Gasteiger partial charge in [-0.05, 0) is 32.4 Å². The molecular weight excluding hydrogens is 292 g/mol. The second-order valence-electron chi connectivity index (χ2n) is 5.84. The van der Waals surface area contributed by atoms with E-state index in [1.807, 2.05) is 13.2 Å². The number of ether oxygens (including phenoxy) is 4. The van der Waals surface area contributed by atoms with Gasteiger partial charge < -0.3 is 24.1 Å². The van der Waals surface area contributed by atoms with Crippen LogP contribution in [0.25, 0.3) is 0 Å². The topological polar surface area (TPSA) is 57.2 Å². The van der Waals surface area contributed by atoms with E-state index in [0.717, 1.165) is 25.9 Å². The van der Waals surface area contributed by atoms with E-state index in [0.29, 0.717) is 6.61 Å². The van der Waals surface area contributed by atoms with Crippen molar-refractivity contribution in [1.29, 1.82) is 0 Å². The van der Waals surface area contributed by atoms with Crippen LogP contribution in [0.2, 0.25) is 0 Å². The van der Waals surface area contributed by atoms with Gasteiger partial charge >= 0.3 is 0 Å². The molecule has 0 aromatic rings. The van der Waals surface area contributed by atoms with Gasteiger partial charge in [-0.3, -0.25) is 0 Å². The summed E-state index contributed by atoms with van der Waals surface area (Å²) >= 11 is 1.37. The number of hydrogen-bond acceptors (Lipinski definition) is 6. The van der Waals surface area contributed by atoms with Crippen LogP contribution in [0.1, 0.15) is 45.4 Å². The van der Waals surface area contributed by atoms with Crippen molar-refractivity contribution in [2.24, 2.45) is 0 Å². The number of aliphatic hydroxyl groups excluding tert-OH is 1. The third-order valence-corrected chi connectivity index (χ3v) is 5.03. The van der Waals surface area contributed by atoms with E-state index in [4.69, 9.17) is 18.9 Å². The van der Waals surface area contributed by atoms with Crippen LogP contribution in [0.3, 0.4) is 0 Å². The molecule has 124 valence electrons. The number of hydrogen-bond donors (Lipinski definition) is 1. The van der Waals surface area contributed by atoms with Crippen LogP contribution < -0.4 is 0 Å². The standard InChI is InChI=1S/C15H28O5S/c1-12(14(16)21-2)18-11-17-10-13-6-9-19-15(20-13)7-4-3-5-8-15/h12-14,16H,3-11H2,1-2H3/t12-,13-,14+/m1/s1. The van der Waals surface area contributed by atoms with Gasteiger partial charge in [-0.1, -0.05) is 6.42 Å². The van der Waals surface area contributed by atoms with E-state index in [1.165, 1.54) is 31.0 Å². The molecule has 0 radical (unpaired) electrons. The molecule has 0 aromatic carbocycles. The molecule has 0 aromatic heterocycles. The fourth-order valence-corrected chi connectivity index (χ4v) is 3.31. The molecule has 0 unspecified atom stereocenters. The largest absolute Gasteiger partial charge is 0.380 e. The first-order chi connectivity index (χ1) is 10.2. The fraction of sp³-hybridized carbons (Fsp3) is 1.00. The molecule has 2 fully saturated rings. The van der Waals surface area contributed by atoms with Gasteiger partial charge in [0.2, 0.25) is 0 Å². The minimum atomic E-state index is -0.515. The van der Waals surface area contributed by atoms with E-state index >= 15 is 0 Å². The lowest BCUT2D eigenvalue weighted by Gasteiger charge is -2.43. The van der Waals surface area contributed by atoms with Crippen molar-refractivity contribution in [2.75, 3.05) is 26.3 Å². The van der Waals surface area contributed by atoms with Gasteiger partial charge in [-0.2, -0.15) is 0 Å². The van der Waals surface area contributed by atoms with E-state index in [1.54, 1.807) is 0 Å². The average molecular weight is 320 g/mol. The van der Waals surface area contributed by atoms with Crippen molar-refractivity contribution in [3.8, 4) is 0 Å². The Labute approximate surface area is 131 Å². The first-order valence-electron chi connectivity index (χ1n) is 7.87. The van der Waals surface area contributed by atoms with Crippen molar-refractivity contribution < 1.29 is 24.1 Å². The van der Waals surface area contributed by atoms with Crippen molar-refractivity contribution >= 4 is 11.8 Å². The summed E-state index contributed by atoms with van der Waals surface area (Å²) in [6.07, 6.45) is 8.20. The smallest absolute Gasteiger partial charge is 0.168 e. The molecule has 6 heteroatoms. The third-order valence-electron chi connectivity index (χ3n) is 4.16. The normalized spacial score (nSPS) is 28.4. The number of rotatable bonds is 7. The lowest BCUT2D eigenvalue weighted by Crippen LogP contribution is -2.47. The van der Waals surface area contributed by atoms with Crippen molar-refractivity contribution in [3.05, 3.63) is 0 Å². The Bertz CT molecular complexity index is 290. The number of thioether (sulfide) groups is 1. The molecule has 3 atom stereocenters. The van der Waals surface area contributed by atoms with E-state index in [2.05, 4.69) is 0 Å². The van der Waals surface area contributed by atoms with Gasteiger partial charge in [0.15, 0.2) is 5.79 Å². The maximum atomic E-state index is 9.58. The lowest BCUT2D eigenvalue weighted by molar-refractivity contribution is -0.313. The zero-order chi connectivity index (χ0) is 15.1. The molecule has 0 bridgehead atoms. The molecule has 1 saturated carbocycles. The predicted octanol–water partition coefficient (Wildman–Crippen LogP) is 2.51. The maximum absolute atomic E-state index is 9.58. The second kappa shape index (κ2) is 8.70. The van der Waals surface area contributed by atoms with Gasteiger partial charge in [0.1, 0.15) is 12.2 Å². The summed E-state index contributed by atoms with van der Waals surface area (Å²) in [5.41, 5.74) is -0.515. The summed E-state index contributed by atoms with van der Waals surface area (Å²) < 4.78 is 23.0. The van der Waals surface area contributed by atoms with E-state index < -0.39 is 5.44 Å². The Morgan fingerprint density at radius 3 is 2.81 bits per heavy atom. The van der Waals surface area contributed by atoms with E-state index in [-0.39, 0.29) is 24.8 Å². The number of aliphatic hydroxyl groups is 1. The van der Waals surface area contributed by atoms with Crippen molar-refractivity contribution in [1.82, 2.24) is 0 Å². The molecule has 1 spiro atoms. The SMILES string of the molecule is CS[C@H](O)[C@@H](C)OCOC[C@H]1CCOC2(CCCCC2)O1. The van der Waals surface area contributed by atoms with Crippen LogP contribution >= 0.6 is 11.8 Å². The average Bonchev–Trinajstić information content (AvgIpc) is 2.51. The molecule has 0 amide bonds. The Morgan fingerprint density at radius 1 is 1.33 bits per heavy atom. The second-order valence-corrected chi connectivity index (χ2v) is 6.79. The molecule has 1 aliphatic carbocycles. The van der Waals surface area contributed by atoms with Gasteiger partial charge in [-0.25, -0.2) is 0 Å².